The number of nitrogens with two attached hydrogens (primary N) is 1. The number of rotatable bonds is 7. The molecule has 0 radical (unpaired) electrons. The molecule has 0 saturated carbocycles. The molecule has 0 spiro atoms. The number of carbonyl (C=O) groups excluding carboxylic acids is 1. The van der Waals surface area contributed by atoms with Crippen LogP contribution in [0.4, 0.5) is 5.13 Å². The number of hydrogen-bond donors (Lipinski definition) is 2. The number of benzene rings is 1. The van der Waals surface area contributed by atoms with Gasteiger partial charge >= 0.3 is 0 Å². The van der Waals surface area contributed by atoms with Crippen LogP contribution in [0.25, 0.3) is 0 Å². The molecule has 2 rings (SSSR count). The minimum Gasteiger partial charge on any atom is -0.494 e. The Morgan fingerprint density at radius 2 is 2.29 bits per heavy atom. The first kappa shape index (κ1) is 15.4. The molecule has 6 nitrogen and oxygen atoms in total. The Kier molecular flexibility index (Phi) is 5.65. The number of aryl methyl sites for hydroxylation is 1. The van der Waals surface area contributed by atoms with E-state index in [0.717, 1.165) is 17.8 Å². The molecule has 0 aliphatic carbocycles. The number of hydrogen-bond acceptors (Lipinski definition) is 6. The highest BCUT2D eigenvalue weighted by atomic mass is 32.1. The summed E-state index contributed by atoms with van der Waals surface area (Å²) in [5, 5.41) is 12.1. The van der Waals surface area contributed by atoms with Gasteiger partial charge in [-0.2, -0.15) is 0 Å². The van der Waals surface area contributed by atoms with Gasteiger partial charge < -0.3 is 10.5 Å². The minimum absolute atomic E-state index is 0.224. The van der Waals surface area contributed by atoms with Crippen LogP contribution in [0, 0.1) is 0 Å². The fourth-order valence-corrected chi connectivity index (χ4v) is 2.50. The number of carbonyl (C=O) groups is 1. The Bertz CT molecular complexity index is 600. The van der Waals surface area contributed by atoms with E-state index in [1.807, 2.05) is 13.0 Å². The lowest BCUT2D eigenvalue weighted by molar-refractivity contribution is 0.102. The zero-order valence-electron chi connectivity index (χ0n) is 11.8. The summed E-state index contributed by atoms with van der Waals surface area (Å²) in [6, 6.07) is 7.03. The van der Waals surface area contributed by atoms with Gasteiger partial charge in [0.25, 0.3) is 5.91 Å². The second-order valence-electron chi connectivity index (χ2n) is 4.31. The van der Waals surface area contributed by atoms with Crippen LogP contribution >= 0.6 is 11.3 Å². The average molecular weight is 306 g/mol. The summed E-state index contributed by atoms with van der Waals surface area (Å²) < 4.78 is 5.38. The van der Waals surface area contributed by atoms with Crippen LogP contribution in [-0.2, 0) is 6.42 Å². The monoisotopic (exact) mass is 306 g/mol. The van der Waals surface area contributed by atoms with Gasteiger partial charge in [0, 0.05) is 12.0 Å². The Labute approximate surface area is 127 Å². The maximum Gasteiger partial charge on any atom is 0.257 e. The van der Waals surface area contributed by atoms with Gasteiger partial charge in [-0.05, 0) is 38.1 Å². The lowest BCUT2D eigenvalue weighted by atomic mass is 10.2. The molecule has 3 N–H and O–H groups in total. The highest BCUT2D eigenvalue weighted by molar-refractivity contribution is 7.15. The van der Waals surface area contributed by atoms with Gasteiger partial charge in [0.2, 0.25) is 5.13 Å². The van der Waals surface area contributed by atoms with E-state index < -0.39 is 0 Å². The van der Waals surface area contributed by atoms with E-state index in [2.05, 4.69) is 15.5 Å². The molecule has 0 unspecified atom stereocenters. The molecule has 0 aliphatic heterocycles. The Hall–Kier alpha value is -1.99. The molecule has 1 aromatic carbocycles. The molecule has 0 atom stereocenters. The lowest BCUT2D eigenvalue weighted by Crippen LogP contribution is -2.11. The van der Waals surface area contributed by atoms with E-state index in [-0.39, 0.29) is 5.91 Å². The predicted molar refractivity (Wildman–Crippen MR) is 82.8 cm³/mol. The standard InChI is InChI=1S/C14H18N4O2S/c1-2-20-11-6-3-5-10(9-11)13(19)16-14-18-17-12(21-14)7-4-8-15/h3,5-6,9H,2,4,7-8,15H2,1H3,(H,16,18,19). The summed E-state index contributed by atoms with van der Waals surface area (Å²) in [7, 11) is 0. The van der Waals surface area contributed by atoms with E-state index in [1.165, 1.54) is 11.3 Å². The zero-order valence-corrected chi connectivity index (χ0v) is 12.7. The predicted octanol–water partition coefficient (Wildman–Crippen LogP) is 2.08. The molecule has 7 heteroatoms. The third-order valence-corrected chi connectivity index (χ3v) is 3.59. The first-order valence-electron chi connectivity index (χ1n) is 6.79. The third kappa shape index (κ3) is 4.51. The molecular weight excluding hydrogens is 288 g/mol. The SMILES string of the molecule is CCOc1cccc(C(=O)Nc2nnc(CCCN)s2)c1. The molecule has 0 saturated heterocycles. The molecule has 112 valence electrons. The van der Waals surface area contributed by atoms with Crippen LogP contribution < -0.4 is 15.8 Å². The quantitative estimate of drug-likeness (QED) is 0.817. The molecule has 1 heterocycles. The summed E-state index contributed by atoms with van der Waals surface area (Å²) >= 11 is 1.37. The van der Waals surface area contributed by atoms with Gasteiger partial charge in [-0.25, -0.2) is 0 Å². The first-order chi connectivity index (χ1) is 10.2. The van der Waals surface area contributed by atoms with E-state index in [0.29, 0.717) is 29.6 Å². The Morgan fingerprint density at radius 1 is 1.43 bits per heavy atom. The Balaban J connectivity index is 2.00. The maximum atomic E-state index is 12.1. The van der Waals surface area contributed by atoms with Crippen molar-refractivity contribution < 1.29 is 9.53 Å². The largest absolute Gasteiger partial charge is 0.494 e. The molecule has 1 aromatic heterocycles. The van der Waals surface area contributed by atoms with E-state index >= 15 is 0 Å². The zero-order chi connectivity index (χ0) is 15.1. The van der Waals surface area contributed by atoms with Crippen molar-refractivity contribution in [2.45, 2.75) is 19.8 Å². The number of anilines is 1. The molecule has 0 fully saturated rings. The summed E-state index contributed by atoms with van der Waals surface area (Å²) in [5.74, 6) is 0.448. The maximum absolute atomic E-state index is 12.1. The second-order valence-corrected chi connectivity index (χ2v) is 5.37. The van der Waals surface area contributed by atoms with Crippen molar-refractivity contribution in [2.24, 2.45) is 5.73 Å². The smallest absolute Gasteiger partial charge is 0.257 e. The van der Waals surface area contributed by atoms with Crippen LogP contribution in [0.1, 0.15) is 28.7 Å². The van der Waals surface area contributed by atoms with Crippen molar-refractivity contribution >= 4 is 22.4 Å². The van der Waals surface area contributed by atoms with Crippen LogP contribution in [0.3, 0.4) is 0 Å². The van der Waals surface area contributed by atoms with Gasteiger partial charge in [0.15, 0.2) is 0 Å². The fourth-order valence-electron chi connectivity index (χ4n) is 1.72. The molecule has 1 amide bonds. The fraction of sp³-hybridized carbons (Fsp3) is 0.357. The van der Waals surface area contributed by atoms with Crippen molar-refractivity contribution in [3.8, 4) is 5.75 Å². The van der Waals surface area contributed by atoms with Crippen LogP contribution in [0.15, 0.2) is 24.3 Å². The van der Waals surface area contributed by atoms with Gasteiger partial charge in [-0.1, -0.05) is 17.4 Å². The second kappa shape index (κ2) is 7.70. The van der Waals surface area contributed by atoms with Crippen molar-refractivity contribution in [1.82, 2.24) is 10.2 Å². The summed E-state index contributed by atoms with van der Waals surface area (Å²) in [6.45, 7) is 3.08. The highest BCUT2D eigenvalue weighted by Crippen LogP contribution is 2.19. The molecule has 0 aliphatic rings. The lowest BCUT2D eigenvalue weighted by Gasteiger charge is -2.05. The summed E-state index contributed by atoms with van der Waals surface area (Å²) in [6.07, 6.45) is 1.64. The van der Waals surface area contributed by atoms with Crippen molar-refractivity contribution in [2.75, 3.05) is 18.5 Å². The number of aromatic nitrogens is 2. The topological polar surface area (TPSA) is 90.1 Å². The van der Waals surface area contributed by atoms with Crippen molar-refractivity contribution in [1.29, 1.82) is 0 Å². The van der Waals surface area contributed by atoms with Crippen LogP contribution in [0.5, 0.6) is 5.75 Å². The molecule has 21 heavy (non-hydrogen) atoms. The van der Waals surface area contributed by atoms with Crippen LogP contribution in [-0.4, -0.2) is 29.3 Å². The minimum atomic E-state index is -0.224. The summed E-state index contributed by atoms with van der Waals surface area (Å²) in [4.78, 5) is 12.1. The van der Waals surface area contributed by atoms with E-state index in [9.17, 15) is 4.79 Å². The Morgan fingerprint density at radius 3 is 3.05 bits per heavy atom. The number of amides is 1. The van der Waals surface area contributed by atoms with E-state index in [1.54, 1.807) is 18.2 Å². The van der Waals surface area contributed by atoms with Gasteiger partial charge in [0.05, 0.1) is 6.61 Å². The normalized spacial score (nSPS) is 10.4. The van der Waals surface area contributed by atoms with Crippen LogP contribution in [0.2, 0.25) is 0 Å². The first-order valence-corrected chi connectivity index (χ1v) is 7.61. The highest BCUT2D eigenvalue weighted by Gasteiger charge is 2.10. The molecule has 2 aromatic rings. The van der Waals surface area contributed by atoms with E-state index in [4.69, 9.17) is 10.5 Å². The molecular formula is C14H18N4O2S. The molecule has 0 bridgehead atoms. The van der Waals surface area contributed by atoms with Gasteiger partial charge in [0.1, 0.15) is 10.8 Å². The number of nitrogens with zero attached hydrogens (tertiary/aromatic N) is 2. The van der Waals surface area contributed by atoms with Gasteiger partial charge in [-0.15, -0.1) is 10.2 Å². The summed E-state index contributed by atoms with van der Waals surface area (Å²) in [5.41, 5.74) is 5.98. The van der Waals surface area contributed by atoms with Gasteiger partial charge in [-0.3, -0.25) is 10.1 Å². The average Bonchev–Trinajstić information content (AvgIpc) is 2.93. The number of ether oxygens (including phenoxy) is 1. The van der Waals surface area contributed by atoms with Crippen molar-refractivity contribution in [3.63, 3.8) is 0 Å². The number of nitrogens with one attached hydrogen (secondary N) is 1. The van der Waals surface area contributed by atoms with Crippen molar-refractivity contribution in [3.05, 3.63) is 34.8 Å². The third-order valence-electron chi connectivity index (χ3n) is 2.69.